The second-order valence-corrected chi connectivity index (χ2v) is 5.04. The predicted molar refractivity (Wildman–Crippen MR) is 85.1 cm³/mol. The summed E-state index contributed by atoms with van der Waals surface area (Å²) < 4.78 is 4.88. The third-order valence-electron chi connectivity index (χ3n) is 3.01. The molecule has 0 saturated heterocycles. The number of anilines is 1. The van der Waals surface area contributed by atoms with Crippen molar-refractivity contribution in [2.24, 2.45) is 0 Å². The SMILES string of the molecule is CCOC(=O)c1ccc(NC[C@H](O)c2ccc(Cl)cc2)nc1. The molecule has 0 aliphatic carbocycles. The third-order valence-corrected chi connectivity index (χ3v) is 3.26. The minimum atomic E-state index is -0.677. The van der Waals surface area contributed by atoms with Crippen LogP contribution in [-0.4, -0.2) is 29.2 Å². The fourth-order valence-electron chi connectivity index (χ4n) is 1.84. The number of aliphatic hydroxyl groups excluding tert-OH is 1. The molecule has 5 nitrogen and oxygen atoms in total. The lowest BCUT2D eigenvalue weighted by Crippen LogP contribution is -2.13. The van der Waals surface area contributed by atoms with E-state index in [0.29, 0.717) is 29.6 Å². The average molecular weight is 321 g/mol. The molecule has 0 fully saturated rings. The number of carbonyl (C=O) groups excluding carboxylic acids is 1. The van der Waals surface area contributed by atoms with Crippen LogP contribution in [0.2, 0.25) is 5.02 Å². The highest BCUT2D eigenvalue weighted by Gasteiger charge is 2.09. The Labute approximate surface area is 133 Å². The Hall–Kier alpha value is -2.11. The van der Waals surface area contributed by atoms with Crippen LogP contribution in [0.1, 0.15) is 28.9 Å². The number of nitrogens with one attached hydrogen (secondary N) is 1. The van der Waals surface area contributed by atoms with Crippen molar-refractivity contribution in [1.82, 2.24) is 4.98 Å². The van der Waals surface area contributed by atoms with Gasteiger partial charge in [-0.15, -0.1) is 0 Å². The van der Waals surface area contributed by atoms with Gasteiger partial charge in [0, 0.05) is 17.8 Å². The van der Waals surface area contributed by atoms with Crippen LogP contribution in [0.25, 0.3) is 0 Å². The standard InChI is InChI=1S/C16H17ClN2O3/c1-2-22-16(21)12-5-8-15(18-9-12)19-10-14(20)11-3-6-13(17)7-4-11/h3-9,14,20H,2,10H2,1H3,(H,18,19)/t14-/m0/s1. The number of hydrogen-bond donors (Lipinski definition) is 2. The Morgan fingerprint density at radius 2 is 2.05 bits per heavy atom. The summed E-state index contributed by atoms with van der Waals surface area (Å²) in [4.78, 5) is 15.6. The summed E-state index contributed by atoms with van der Waals surface area (Å²) in [7, 11) is 0. The maximum Gasteiger partial charge on any atom is 0.339 e. The molecular weight excluding hydrogens is 304 g/mol. The van der Waals surface area contributed by atoms with Gasteiger partial charge in [-0.2, -0.15) is 0 Å². The summed E-state index contributed by atoms with van der Waals surface area (Å²) in [6.07, 6.45) is 0.762. The van der Waals surface area contributed by atoms with Gasteiger partial charge in [-0.05, 0) is 36.8 Å². The number of aromatic nitrogens is 1. The maximum absolute atomic E-state index is 11.5. The normalized spacial score (nSPS) is 11.8. The molecule has 0 amide bonds. The highest BCUT2D eigenvalue weighted by Crippen LogP contribution is 2.17. The van der Waals surface area contributed by atoms with Crippen molar-refractivity contribution in [2.75, 3.05) is 18.5 Å². The Bertz CT molecular complexity index is 614. The summed E-state index contributed by atoms with van der Waals surface area (Å²) >= 11 is 5.81. The molecule has 2 rings (SSSR count). The number of nitrogens with zero attached hydrogens (tertiary/aromatic N) is 1. The highest BCUT2D eigenvalue weighted by molar-refractivity contribution is 6.30. The fourth-order valence-corrected chi connectivity index (χ4v) is 1.96. The van der Waals surface area contributed by atoms with Crippen LogP contribution in [-0.2, 0) is 4.74 Å². The van der Waals surface area contributed by atoms with Gasteiger partial charge in [-0.1, -0.05) is 23.7 Å². The van der Waals surface area contributed by atoms with Crippen molar-refractivity contribution in [1.29, 1.82) is 0 Å². The lowest BCUT2D eigenvalue weighted by atomic mass is 10.1. The van der Waals surface area contributed by atoms with Crippen LogP contribution in [0.4, 0.5) is 5.82 Å². The molecule has 6 heteroatoms. The number of hydrogen-bond acceptors (Lipinski definition) is 5. The fraction of sp³-hybridized carbons (Fsp3) is 0.250. The Kier molecular flexibility index (Phi) is 5.75. The molecule has 1 aromatic heterocycles. The Balaban J connectivity index is 1.91. The van der Waals surface area contributed by atoms with Crippen LogP contribution in [0, 0.1) is 0 Å². The first kappa shape index (κ1) is 16.3. The van der Waals surface area contributed by atoms with Gasteiger partial charge in [0.05, 0.1) is 18.3 Å². The van der Waals surface area contributed by atoms with Crippen molar-refractivity contribution in [3.63, 3.8) is 0 Å². The molecule has 0 radical (unpaired) electrons. The number of ether oxygens (including phenoxy) is 1. The molecule has 1 aromatic carbocycles. The van der Waals surface area contributed by atoms with E-state index < -0.39 is 12.1 Å². The Morgan fingerprint density at radius 3 is 2.64 bits per heavy atom. The molecule has 0 unspecified atom stereocenters. The third kappa shape index (κ3) is 4.44. The summed E-state index contributed by atoms with van der Waals surface area (Å²) in [5, 5.41) is 13.7. The van der Waals surface area contributed by atoms with E-state index in [-0.39, 0.29) is 0 Å². The molecule has 1 atom stereocenters. The van der Waals surface area contributed by atoms with Crippen molar-refractivity contribution in [3.8, 4) is 0 Å². The van der Waals surface area contributed by atoms with Crippen LogP contribution in [0.15, 0.2) is 42.6 Å². The van der Waals surface area contributed by atoms with Crippen LogP contribution in [0.5, 0.6) is 0 Å². The van der Waals surface area contributed by atoms with Gasteiger partial charge in [-0.3, -0.25) is 0 Å². The van der Waals surface area contributed by atoms with Crippen LogP contribution < -0.4 is 5.32 Å². The van der Waals surface area contributed by atoms with Crippen LogP contribution in [0.3, 0.4) is 0 Å². The van der Waals surface area contributed by atoms with Gasteiger partial charge in [0.2, 0.25) is 0 Å². The molecule has 22 heavy (non-hydrogen) atoms. The number of halogens is 1. The zero-order valence-electron chi connectivity index (χ0n) is 12.1. The number of rotatable bonds is 6. The molecule has 0 aliphatic heterocycles. The zero-order valence-corrected chi connectivity index (χ0v) is 12.9. The van der Waals surface area contributed by atoms with Gasteiger partial charge in [0.15, 0.2) is 0 Å². The van der Waals surface area contributed by atoms with E-state index in [2.05, 4.69) is 10.3 Å². The number of esters is 1. The van der Waals surface area contributed by atoms with E-state index in [9.17, 15) is 9.90 Å². The van der Waals surface area contributed by atoms with Crippen molar-refractivity contribution < 1.29 is 14.6 Å². The number of aliphatic hydroxyl groups is 1. The van der Waals surface area contributed by atoms with Gasteiger partial charge in [-0.25, -0.2) is 9.78 Å². The summed E-state index contributed by atoms with van der Waals surface area (Å²) in [5.41, 5.74) is 1.16. The van der Waals surface area contributed by atoms with Gasteiger partial charge < -0.3 is 15.2 Å². The quantitative estimate of drug-likeness (QED) is 0.800. The van der Waals surface area contributed by atoms with E-state index in [0.717, 1.165) is 5.56 Å². The number of benzene rings is 1. The summed E-state index contributed by atoms with van der Waals surface area (Å²) in [6, 6.07) is 10.3. The molecular formula is C16H17ClN2O3. The van der Waals surface area contributed by atoms with Crippen LogP contribution >= 0.6 is 11.6 Å². The van der Waals surface area contributed by atoms with Crippen molar-refractivity contribution in [3.05, 3.63) is 58.7 Å². The van der Waals surface area contributed by atoms with Crippen molar-refractivity contribution in [2.45, 2.75) is 13.0 Å². The second-order valence-electron chi connectivity index (χ2n) is 4.60. The zero-order chi connectivity index (χ0) is 15.9. The largest absolute Gasteiger partial charge is 0.462 e. The molecule has 0 aliphatic rings. The molecule has 116 valence electrons. The maximum atomic E-state index is 11.5. The van der Waals surface area contributed by atoms with E-state index in [1.165, 1.54) is 6.20 Å². The van der Waals surface area contributed by atoms with Crippen molar-refractivity contribution >= 4 is 23.4 Å². The first-order valence-electron chi connectivity index (χ1n) is 6.90. The highest BCUT2D eigenvalue weighted by atomic mass is 35.5. The minimum absolute atomic E-state index is 0.299. The lowest BCUT2D eigenvalue weighted by Gasteiger charge is -2.13. The van der Waals surface area contributed by atoms with Gasteiger partial charge in [0.25, 0.3) is 0 Å². The molecule has 2 N–H and O–H groups in total. The van der Waals surface area contributed by atoms with E-state index in [1.807, 2.05) is 0 Å². The van der Waals surface area contributed by atoms with Gasteiger partial charge >= 0.3 is 5.97 Å². The number of pyridine rings is 1. The molecule has 2 aromatic rings. The molecule has 0 saturated carbocycles. The van der Waals surface area contributed by atoms with E-state index in [1.54, 1.807) is 43.3 Å². The smallest absolute Gasteiger partial charge is 0.339 e. The molecule has 0 bridgehead atoms. The first-order valence-corrected chi connectivity index (χ1v) is 7.28. The summed E-state index contributed by atoms with van der Waals surface area (Å²) in [6.45, 7) is 2.37. The first-order chi connectivity index (χ1) is 10.6. The van der Waals surface area contributed by atoms with E-state index >= 15 is 0 Å². The van der Waals surface area contributed by atoms with E-state index in [4.69, 9.17) is 16.3 Å². The molecule has 1 heterocycles. The number of carbonyl (C=O) groups is 1. The average Bonchev–Trinajstić information content (AvgIpc) is 2.54. The minimum Gasteiger partial charge on any atom is -0.462 e. The lowest BCUT2D eigenvalue weighted by molar-refractivity contribution is 0.0526. The predicted octanol–water partition coefficient (Wildman–Crippen LogP) is 3.06. The Morgan fingerprint density at radius 1 is 1.32 bits per heavy atom. The monoisotopic (exact) mass is 320 g/mol. The summed E-state index contributed by atoms with van der Waals surface area (Å²) in [5.74, 6) is 0.170. The van der Waals surface area contributed by atoms with Gasteiger partial charge in [0.1, 0.15) is 5.82 Å². The topological polar surface area (TPSA) is 71.5 Å². The second kappa shape index (κ2) is 7.77. The molecule has 0 spiro atoms.